The van der Waals surface area contributed by atoms with E-state index in [2.05, 4.69) is 31.4 Å². The molecule has 0 aliphatic heterocycles. The topological polar surface area (TPSA) is 68.0 Å². The van der Waals surface area contributed by atoms with Gasteiger partial charge in [-0.3, -0.25) is 4.79 Å². The van der Waals surface area contributed by atoms with E-state index in [4.69, 9.17) is 4.42 Å². The minimum absolute atomic E-state index is 0.133. The molecule has 0 saturated carbocycles. The molecule has 3 aromatic carbocycles. The molecule has 0 bridgehead atoms. The van der Waals surface area contributed by atoms with E-state index in [-0.39, 0.29) is 5.91 Å². The first-order chi connectivity index (χ1) is 14.2. The smallest absolute Gasteiger partial charge is 0.277 e. The minimum Gasteiger partial charge on any atom is -0.411 e. The van der Waals surface area contributed by atoms with Crippen LogP contribution >= 0.6 is 27.7 Å². The van der Waals surface area contributed by atoms with E-state index in [1.165, 1.54) is 11.8 Å². The van der Waals surface area contributed by atoms with Gasteiger partial charge in [-0.15, -0.1) is 10.2 Å². The van der Waals surface area contributed by atoms with Crippen molar-refractivity contribution in [3.05, 3.63) is 94.5 Å². The van der Waals surface area contributed by atoms with E-state index in [0.717, 1.165) is 21.3 Å². The third-order valence-electron chi connectivity index (χ3n) is 4.11. The minimum atomic E-state index is -0.133. The van der Waals surface area contributed by atoms with E-state index < -0.39 is 0 Å². The molecule has 0 saturated heterocycles. The first kappa shape index (κ1) is 19.4. The molecule has 1 heterocycles. The highest BCUT2D eigenvalue weighted by Gasteiger charge is 2.10. The lowest BCUT2D eigenvalue weighted by atomic mass is 10.1. The molecule has 0 unspecified atom stereocenters. The highest BCUT2D eigenvalue weighted by molar-refractivity contribution is 9.10. The van der Waals surface area contributed by atoms with Crippen molar-refractivity contribution in [1.82, 2.24) is 10.2 Å². The van der Waals surface area contributed by atoms with Crippen LogP contribution in [-0.2, 0) is 5.75 Å². The summed E-state index contributed by atoms with van der Waals surface area (Å²) in [7, 11) is 0. The predicted octanol–water partition coefficient (Wildman–Crippen LogP) is 6.04. The monoisotopic (exact) mass is 465 g/mol. The highest BCUT2D eigenvalue weighted by Crippen LogP contribution is 2.26. The maximum absolute atomic E-state index is 12.3. The summed E-state index contributed by atoms with van der Waals surface area (Å²) in [4.78, 5) is 12.3. The highest BCUT2D eigenvalue weighted by atomic mass is 79.9. The standard InChI is InChI=1S/C22H16BrN3O2S/c23-18-12-10-17(11-13-18)21-25-26-22(28-21)29-14-15-6-8-16(9-7-15)20(27)24-19-4-2-1-3-5-19/h1-13H,14H2,(H,24,27). The molecule has 7 heteroatoms. The summed E-state index contributed by atoms with van der Waals surface area (Å²) in [6.07, 6.45) is 0. The van der Waals surface area contributed by atoms with Gasteiger partial charge in [0.25, 0.3) is 11.1 Å². The summed E-state index contributed by atoms with van der Waals surface area (Å²) in [5, 5.41) is 11.6. The van der Waals surface area contributed by atoms with Crippen LogP contribution in [0.3, 0.4) is 0 Å². The Morgan fingerprint density at radius 3 is 2.38 bits per heavy atom. The number of aromatic nitrogens is 2. The number of carbonyl (C=O) groups is 1. The molecule has 5 nitrogen and oxygen atoms in total. The van der Waals surface area contributed by atoms with Crippen molar-refractivity contribution in [3.63, 3.8) is 0 Å². The van der Waals surface area contributed by atoms with Crippen LogP contribution in [0, 0.1) is 0 Å². The van der Waals surface area contributed by atoms with Crippen molar-refractivity contribution in [1.29, 1.82) is 0 Å². The number of carbonyl (C=O) groups excluding carboxylic acids is 1. The van der Waals surface area contributed by atoms with Gasteiger partial charge in [0.05, 0.1) is 0 Å². The zero-order valence-corrected chi connectivity index (χ0v) is 17.6. The second-order valence-electron chi connectivity index (χ2n) is 6.19. The number of amides is 1. The van der Waals surface area contributed by atoms with Crippen molar-refractivity contribution < 1.29 is 9.21 Å². The molecular weight excluding hydrogens is 450 g/mol. The SMILES string of the molecule is O=C(Nc1ccccc1)c1ccc(CSc2nnc(-c3ccc(Br)cc3)o2)cc1. The summed E-state index contributed by atoms with van der Waals surface area (Å²) in [5.74, 6) is 1.03. The summed E-state index contributed by atoms with van der Waals surface area (Å²) in [6.45, 7) is 0. The molecule has 0 atom stereocenters. The van der Waals surface area contributed by atoms with Gasteiger partial charge in [0, 0.05) is 27.0 Å². The van der Waals surface area contributed by atoms with Crippen LogP contribution in [0.5, 0.6) is 0 Å². The predicted molar refractivity (Wildman–Crippen MR) is 118 cm³/mol. The lowest BCUT2D eigenvalue weighted by molar-refractivity contribution is 0.102. The number of hydrogen-bond donors (Lipinski definition) is 1. The Labute approximate surface area is 180 Å². The average Bonchev–Trinajstić information content (AvgIpc) is 3.23. The van der Waals surface area contributed by atoms with Gasteiger partial charge in [-0.05, 0) is 54.1 Å². The van der Waals surface area contributed by atoms with Crippen molar-refractivity contribution in [2.24, 2.45) is 0 Å². The van der Waals surface area contributed by atoms with Crippen LogP contribution in [0.15, 0.2) is 93.0 Å². The largest absolute Gasteiger partial charge is 0.411 e. The molecule has 1 N–H and O–H groups in total. The number of anilines is 1. The molecular formula is C22H16BrN3O2S. The first-order valence-electron chi connectivity index (χ1n) is 8.85. The quantitative estimate of drug-likeness (QED) is 0.351. The van der Waals surface area contributed by atoms with Crippen molar-refractivity contribution in [2.75, 3.05) is 5.32 Å². The number of nitrogens with one attached hydrogen (secondary N) is 1. The fourth-order valence-electron chi connectivity index (χ4n) is 2.60. The molecule has 4 rings (SSSR count). The second-order valence-corrected chi connectivity index (χ2v) is 8.03. The third kappa shape index (κ3) is 5.13. The van der Waals surface area contributed by atoms with E-state index >= 15 is 0 Å². The molecule has 0 aliphatic rings. The molecule has 0 fully saturated rings. The Morgan fingerprint density at radius 1 is 0.931 bits per heavy atom. The maximum atomic E-state index is 12.3. The van der Waals surface area contributed by atoms with Gasteiger partial charge >= 0.3 is 0 Å². The number of benzene rings is 3. The Kier molecular flexibility index (Phi) is 6.07. The molecule has 4 aromatic rings. The number of rotatable bonds is 6. The number of nitrogens with zero attached hydrogens (tertiary/aromatic N) is 2. The Balaban J connectivity index is 1.35. The first-order valence-corrected chi connectivity index (χ1v) is 10.6. The number of para-hydroxylation sites is 1. The van der Waals surface area contributed by atoms with Crippen LogP contribution in [0.4, 0.5) is 5.69 Å². The third-order valence-corrected chi connectivity index (χ3v) is 5.53. The molecule has 0 radical (unpaired) electrons. The summed E-state index contributed by atoms with van der Waals surface area (Å²) < 4.78 is 6.72. The maximum Gasteiger partial charge on any atom is 0.277 e. The van der Waals surface area contributed by atoms with Crippen molar-refractivity contribution >= 4 is 39.3 Å². The number of halogens is 1. The molecule has 29 heavy (non-hydrogen) atoms. The molecule has 144 valence electrons. The van der Waals surface area contributed by atoms with Crippen molar-refractivity contribution in [3.8, 4) is 11.5 Å². The van der Waals surface area contributed by atoms with Crippen molar-refractivity contribution in [2.45, 2.75) is 11.0 Å². The molecule has 0 spiro atoms. The van der Waals surface area contributed by atoms with Crippen LogP contribution < -0.4 is 5.32 Å². The number of thioether (sulfide) groups is 1. The van der Waals surface area contributed by atoms with Gasteiger partial charge in [-0.2, -0.15) is 0 Å². The van der Waals surface area contributed by atoms with Gasteiger partial charge in [-0.25, -0.2) is 0 Å². The molecule has 1 amide bonds. The molecule has 0 aliphatic carbocycles. The van der Waals surface area contributed by atoms with E-state index in [1.54, 1.807) is 0 Å². The molecule has 1 aromatic heterocycles. The number of hydrogen-bond acceptors (Lipinski definition) is 5. The van der Waals surface area contributed by atoms with Gasteiger partial charge in [-0.1, -0.05) is 58.0 Å². The van der Waals surface area contributed by atoms with E-state index in [9.17, 15) is 4.79 Å². The van der Waals surface area contributed by atoms with Crippen LogP contribution in [0.2, 0.25) is 0 Å². The van der Waals surface area contributed by atoms with Crippen LogP contribution in [-0.4, -0.2) is 16.1 Å². The average molecular weight is 466 g/mol. The lowest BCUT2D eigenvalue weighted by Crippen LogP contribution is -2.11. The normalized spacial score (nSPS) is 10.7. The fourth-order valence-corrected chi connectivity index (χ4v) is 3.58. The fraction of sp³-hybridized carbons (Fsp3) is 0.0455. The Hall–Kier alpha value is -2.90. The lowest BCUT2D eigenvalue weighted by Gasteiger charge is -2.06. The second kappa shape index (κ2) is 9.07. The summed E-state index contributed by atoms with van der Waals surface area (Å²) in [6, 6.07) is 24.6. The Morgan fingerprint density at radius 2 is 1.66 bits per heavy atom. The zero-order valence-electron chi connectivity index (χ0n) is 15.2. The van der Waals surface area contributed by atoms with Gasteiger partial charge in [0.2, 0.25) is 5.89 Å². The Bertz CT molecular complexity index is 1100. The van der Waals surface area contributed by atoms with Gasteiger partial charge in [0.1, 0.15) is 0 Å². The van der Waals surface area contributed by atoms with Gasteiger partial charge < -0.3 is 9.73 Å². The zero-order chi connectivity index (χ0) is 20.1. The summed E-state index contributed by atoms with van der Waals surface area (Å²) in [5.41, 5.74) is 3.32. The van der Waals surface area contributed by atoms with Gasteiger partial charge in [0.15, 0.2) is 0 Å². The van der Waals surface area contributed by atoms with Crippen LogP contribution in [0.1, 0.15) is 15.9 Å². The van der Waals surface area contributed by atoms with E-state index in [0.29, 0.717) is 22.4 Å². The van der Waals surface area contributed by atoms with Crippen LogP contribution in [0.25, 0.3) is 11.5 Å². The summed E-state index contributed by atoms with van der Waals surface area (Å²) >= 11 is 4.87. The van der Waals surface area contributed by atoms with E-state index in [1.807, 2.05) is 78.9 Å².